The second kappa shape index (κ2) is 10.7. The second-order valence-corrected chi connectivity index (χ2v) is 11.5. The number of carbonyl (C=O) groups is 4. The summed E-state index contributed by atoms with van der Waals surface area (Å²) in [7, 11) is 0. The number of hydrogen-bond donors (Lipinski definition) is 0. The summed E-state index contributed by atoms with van der Waals surface area (Å²) in [4.78, 5) is 54.9. The first-order chi connectivity index (χ1) is 18.6. The van der Waals surface area contributed by atoms with Gasteiger partial charge < -0.3 is 19.1 Å². The third kappa shape index (κ3) is 5.92. The van der Waals surface area contributed by atoms with E-state index in [1.807, 2.05) is 57.2 Å². The summed E-state index contributed by atoms with van der Waals surface area (Å²) in [5, 5.41) is 0. The third-order valence-electron chi connectivity index (χ3n) is 7.43. The Labute approximate surface area is 228 Å². The molecule has 3 heterocycles. The first-order valence-corrected chi connectivity index (χ1v) is 13.4. The van der Waals surface area contributed by atoms with E-state index in [1.165, 1.54) is 4.90 Å². The van der Waals surface area contributed by atoms with Gasteiger partial charge in [-0.15, -0.1) is 0 Å². The first kappa shape index (κ1) is 26.7. The molecule has 2 fully saturated rings. The zero-order valence-corrected chi connectivity index (χ0v) is 22.6. The average molecular weight is 535 g/mol. The molecule has 39 heavy (non-hydrogen) atoms. The van der Waals surface area contributed by atoms with Crippen molar-refractivity contribution in [2.45, 2.75) is 51.7 Å². The number of cyclic esters (lactones) is 1. The summed E-state index contributed by atoms with van der Waals surface area (Å²) in [6, 6.07) is 14.6. The maximum atomic E-state index is 14.2. The van der Waals surface area contributed by atoms with Crippen molar-refractivity contribution in [2.75, 3.05) is 26.3 Å². The van der Waals surface area contributed by atoms with Crippen molar-refractivity contribution in [1.29, 1.82) is 0 Å². The van der Waals surface area contributed by atoms with E-state index in [0.29, 0.717) is 43.7 Å². The van der Waals surface area contributed by atoms with Gasteiger partial charge in [0, 0.05) is 19.0 Å². The van der Waals surface area contributed by atoms with E-state index in [4.69, 9.17) is 14.2 Å². The van der Waals surface area contributed by atoms with Crippen LogP contribution in [0.4, 0.5) is 9.59 Å². The van der Waals surface area contributed by atoms with Crippen LogP contribution in [0.15, 0.2) is 48.5 Å². The lowest BCUT2D eigenvalue weighted by atomic mass is 9.84. The molecule has 0 bridgehead atoms. The highest BCUT2D eigenvalue weighted by Crippen LogP contribution is 2.34. The molecule has 9 nitrogen and oxygen atoms in total. The van der Waals surface area contributed by atoms with Crippen LogP contribution in [0.5, 0.6) is 5.75 Å². The molecule has 0 N–H and O–H groups in total. The molecule has 3 amide bonds. The lowest BCUT2D eigenvalue weighted by Gasteiger charge is -2.29. The monoisotopic (exact) mass is 534 g/mol. The standard InChI is InChI=1S/C30H34N2O7/c1-30(2,3)39-28(35)31-12-11-21(16-31)23(14-20-9-10-26-24(15-20)25(33)18-37-26)27(34)32-22(17-38-29(32)36)13-19-7-5-4-6-8-19/h4-10,15,21-23H,11-14,16-18H2,1-3H3/t21-,22-,23-/m0/s1. The summed E-state index contributed by atoms with van der Waals surface area (Å²) < 4.78 is 16.3. The van der Waals surface area contributed by atoms with E-state index < -0.39 is 29.7 Å². The van der Waals surface area contributed by atoms with Crippen LogP contribution in [0.25, 0.3) is 0 Å². The van der Waals surface area contributed by atoms with Gasteiger partial charge in [-0.2, -0.15) is 0 Å². The molecule has 0 saturated carbocycles. The predicted molar refractivity (Wildman–Crippen MR) is 142 cm³/mol. The average Bonchev–Trinajstić information content (AvgIpc) is 3.61. The SMILES string of the molecule is CC(C)(C)OC(=O)N1CC[C@H]([C@H](Cc2ccc3c(c2)C(=O)CO3)C(=O)N2C(=O)OC[C@@H]2Cc2ccccc2)C1. The van der Waals surface area contributed by atoms with Crippen molar-refractivity contribution in [3.8, 4) is 5.75 Å². The number of likely N-dealkylation sites (tertiary alicyclic amines) is 1. The molecule has 0 spiro atoms. The highest BCUT2D eigenvalue weighted by atomic mass is 16.6. The summed E-state index contributed by atoms with van der Waals surface area (Å²) in [5.41, 5.74) is 1.68. The number of ketones is 1. The molecule has 0 aromatic heterocycles. The minimum Gasteiger partial charge on any atom is -0.485 e. The molecule has 2 aromatic carbocycles. The number of rotatable bonds is 6. The number of amides is 3. The lowest BCUT2D eigenvalue weighted by Crippen LogP contribution is -2.46. The Hall–Kier alpha value is -3.88. The van der Waals surface area contributed by atoms with E-state index in [2.05, 4.69) is 0 Å². The van der Waals surface area contributed by atoms with Crippen molar-refractivity contribution in [3.63, 3.8) is 0 Å². The molecule has 2 saturated heterocycles. The van der Waals surface area contributed by atoms with Crippen molar-refractivity contribution >= 4 is 23.9 Å². The van der Waals surface area contributed by atoms with Crippen LogP contribution < -0.4 is 4.74 Å². The van der Waals surface area contributed by atoms with Gasteiger partial charge in [0.2, 0.25) is 11.7 Å². The van der Waals surface area contributed by atoms with Crippen molar-refractivity contribution in [1.82, 2.24) is 9.80 Å². The van der Waals surface area contributed by atoms with E-state index in [0.717, 1.165) is 11.1 Å². The lowest BCUT2D eigenvalue weighted by molar-refractivity contribution is -0.135. The summed E-state index contributed by atoms with van der Waals surface area (Å²) in [5.74, 6) is -0.683. The minimum absolute atomic E-state index is 0.00933. The molecule has 206 valence electrons. The van der Waals surface area contributed by atoms with Gasteiger partial charge in [-0.25, -0.2) is 14.5 Å². The molecule has 3 aliphatic rings. The van der Waals surface area contributed by atoms with E-state index >= 15 is 0 Å². The number of hydrogen-bond acceptors (Lipinski definition) is 7. The van der Waals surface area contributed by atoms with Crippen molar-refractivity contribution < 1.29 is 33.4 Å². The summed E-state index contributed by atoms with van der Waals surface area (Å²) >= 11 is 0. The number of nitrogens with zero attached hydrogens (tertiary/aromatic N) is 2. The third-order valence-corrected chi connectivity index (χ3v) is 7.43. The molecular weight excluding hydrogens is 500 g/mol. The smallest absolute Gasteiger partial charge is 0.416 e. The zero-order valence-electron chi connectivity index (χ0n) is 22.6. The number of ether oxygens (including phenoxy) is 3. The number of carbonyl (C=O) groups excluding carboxylic acids is 4. The number of imide groups is 1. The molecule has 2 aromatic rings. The molecule has 3 atom stereocenters. The molecule has 3 aliphatic heterocycles. The van der Waals surface area contributed by atoms with Gasteiger partial charge in [-0.05, 0) is 69.2 Å². The van der Waals surface area contributed by atoms with Crippen LogP contribution in [0.3, 0.4) is 0 Å². The van der Waals surface area contributed by atoms with Gasteiger partial charge in [0.05, 0.1) is 11.6 Å². The summed E-state index contributed by atoms with van der Waals surface area (Å²) in [6.45, 7) is 6.38. The van der Waals surface area contributed by atoms with Gasteiger partial charge in [-0.3, -0.25) is 9.59 Å². The van der Waals surface area contributed by atoms with Gasteiger partial charge in [0.25, 0.3) is 0 Å². The molecule has 0 aliphatic carbocycles. The zero-order chi connectivity index (χ0) is 27.7. The van der Waals surface area contributed by atoms with E-state index in [-0.39, 0.29) is 30.8 Å². The number of fused-ring (bicyclic) bond motifs is 1. The van der Waals surface area contributed by atoms with Gasteiger partial charge in [0.15, 0.2) is 6.61 Å². The Bertz CT molecular complexity index is 1270. The number of Topliss-reactive ketones (excluding diaryl/α,β-unsaturated/α-hetero) is 1. The Morgan fingerprint density at radius 3 is 2.56 bits per heavy atom. The number of benzene rings is 2. The molecule has 5 rings (SSSR count). The highest BCUT2D eigenvalue weighted by molar-refractivity contribution is 6.02. The second-order valence-electron chi connectivity index (χ2n) is 11.5. The predicted octanol–water partition coefficient (Wildman–Crippen LogP) is 4.27. The molecule has 9 heteroatoms. The van der Waals surface area contributed by atoms with Gasteiger partial charge in [-0.1, -0.05) is 36.4 Å². The maximum Gasteiger partial charge on any atom is 0.416 e. The largest absolute Gasteiger partial charge is 0.485 e. The fraction of sp³-hybridized carbons (Fsp3) is 0.467. The fourth-order valence-electron chi connectivity index (χ4n) is 5.53. The van der Waals surface area contributed by atoms with Crippen LogP contribution in [-0.2, 0) is 27.1 Å². The van der Waals surface area contributed by atoms with Gasteiger partial charge in [0.1, 0.15) is 18.0 Å². The maximum absolute atomic E-state index is 14.2. The quantitative estimate of drug-likeness (QED) is 0.545. The van der Waals surface area contributed by atoms with Crippen molar-refractivity contribution in [2.24, 2.45) is 11.8 Å². The fourth-order valence-corrected chi connectivity index (χ4v) is 5.53. The van der Waals surface area contributed by atoms with Crippen LogP contribution in [0.2, 0.25) is 0 Å². The summed E-state index contributed by atoms with van der Waals surface area (Å²) in [6.07, 6.45) is 0.331. The van der Waals surface area contributed by atoms with Crippen LogP contribution in [0.1, 0.15) is 48.7 Å². The normalized spacial score (nSPS) is 21.4. The minimum atomic E-state index is -0.648. The highest BCUT2D eigenvalue weighted by Gasteiger charge is 2.45. The van der Waals surface area contributed by atoms with Gasteiger partial charge >= 0.3 is 12.2 Å². The van der Waals surface area contributed by atoms with E-state index in [1.54, 1.807) is 17.0 Å². The Balaban J connectivity index is 1.40. The molecule has 0 radical (unpaired) electrons. The van der Waals surface area contributed by atoms with Crippen LogP contribution >= 0.6 is 0 Å². The molecule has 0 unspecified atom stereocenters. The topological polar surface area (TPSA) is 102 Å². The molecular formula is C30H34N2O7. The Morgan fingerprint density at radius 1 is 1.05 bits per heavy atom. The van der Waals surface area contributed by atoms with E-state index in [9.17, 15) is 19.2 Å². The Morgan fingerprint density at radius 2 is 1.82 bits per heavy atom. The Kier molecular flexibility index (Phi) is 7.34. The van der Waals surface area contributed by atoms with Crippen LogP contribution in [-0.4, -0.2) is 71.6 Å². The first-order valence-electron chi connectivity index (χ1n) is 13.4. The van der Waals surface area contributed by atoms with Crippen molar-refractivity contribution in [3.05, 3.63) is 65.2 Å². The van der Waals surface area contributed by atoms with Crippen LogP contribution in [0, 0.1) is 11.8 Å².